The monoisotopic (exact) mass is 510 g/mol. The predicted molar refractivity (Wildman–Crippen MR) is 133 cm³/mol. The van der Waals surface area contributed by atoms with Gasteiger partial charge in [0.1, 0.15) is 0 Å². The van der Waals surface area contributed by atoms with Crippen molar-refractivity contribution in [2.75, 3.05) is 0 Å². The van der Waals surface area contributed by atoms with Gasteiger partial charge in [0.05, 0.1) is 0 Å². The zero-order valence-electron chi connectivity index (χ0n) is 18.0. The second-order valence-electron chi connectivity index (χ2n) is 8.22. The molecule has 0 aromatic heterocycles. The van der Waals surface area contributed by atoms with Gasteiger partial charge < -0.3 is 0 Å². The molecule has 4 aromatic rings. The number of hydrogen-bond donors (Lipinski definition) is 0. The molecule has 0 aliphatic heterocycles. The molecule has 0 fully saturated rings. The Labute approximate surface area is 191 Å². The molecule has 0 amide bonds. The molecular formula is C27H24F3GeP. The van der Waals surface area contributed by atoms with Crippen molar-refractivity contribution >= 4 is 45.9 Å². The second-order valence-corrected chi connectivity index (χ2v) is 19.6. The van der Waals surface area contributed by atoms with Gasteiger partial charge in [-0.25, -0.2) is 0 Å². The van der Waals surface area contributed by atoms with Gasteiger partial charge in [-0.05, 0) is 0 Å². The van der Waals surface area contributed by atoms with Crippen molar-refractivity contribution < 1.29 is 13.2 Å². The van der Waals surface area contributed by atoms with Crippen molar-refractivity contribution in [2.45, 2.75) is 17.7 Å². The summed E-state index contributed by atoms with van der Waals surface area (Å²) in [6.45, 7) is 0. The van der Waals surface area contributed by atoms with E-state index in [1.54, 1.807) is 12.1 Å². The molecule has 4 rings (SSSR count). The van der Waals surface area contributed by atoms with Crippen LogP contribution < -0.4 is 24.7 Å². The summed E-state index contributed by atoms with van der Waals surface area (Å²) >= 11 is -2.89. The minimum absolute atomic E-state index is 0.594. The minimum atomic E-state index is -4.32. The van der Waals surface area contributed by atoms with Gasteiger partial charge in [-0.2, -0.15) is 0 Å². The number of halogens is 3. The number of benzene rings is 4. The van der Waals surface area contributed by atoms with E-state index >= 15 is 0 Å². The van der Waals surface area contributed by atoms with E-state index in [0.717, 1.165) is 4.40 Å². The van der Waals surface area contributed by atoms with E-state index in [9.17, 15) is 13.2 Å². The van der Waals surface area contributed by atoms with Gasteiger partial charge in [-0.1, -0.05) is 0 Å². The molecule has 0 aliphatic carbocycles. The fourth-order valence-electron chi connectivity index (χ4n) is 4.01. The molecule has 0 saturated carbocycles. The molecule has 162 valence electrons. The van der Waals surface area contributed by atoms with Crippen molar-refractivity contribution in [1.82, 2.24) is 0 Å². The third-order valence-corrected chi connectivity index (χ3v) is 16.2. The van der Waals surface area contributed by atoms with Crippen LogP contribution in [0.25, 0.3) is 0 Å². The van der Waals surface area contributed by atoms with Gasteiger partial charge in [-0.15, -0.1) is 0 Å². The maximum atomic E-state index is 13.1. The topological polar surface area (TPSA) is 0 Å². The van der Waals surface area contributed by atoms with Crippen LogP contribution in [0.15, 0.2) is 109 Å². The number of alkyl halides is 3. The van der Waals surface area contributed by atoms with Gasteiger partial charge >= 0.3 is 192 Å². The van der Waals surface area contributed by atoms with E-state index in [4.69, 9.17) is 0 Å². The fourth-order valence-corrected chi connectivity index (χ4v) is 13.9. The van der Waals surface area contributed by atoms with Crippen LogP contribution in [-0.4, -0.2) is 13.3 Å². The second kappa shape index (κ2) is 9.25. The van der Waals surface area contributed by atoms with E-state index in [1.807, 2.05) is 12.1 Å². The molecule has 0 radical (unpaired) electrons. The Morgan fingerprint density at radius 2 is 1.06 bits per heavy atom. The Hall–Kier alpha value is -2.36. The predicted octanol–water partition coefficient (Wildman–Crippen LogP) is 5.29. The molecule has 0 N–H and O–H groups in total. The molecule has 0 heterocycles. The SMILES string of the molecule is [CH3][Ge]([CH3])([c]1ccc(C(F)(F)F)cc1)[c]1ccccc1P(c1ccccc1)c1ccccc1. The van der Waals surface area contributed by atoms with Crippen LogP contribution in [0.2, 0.25) is 11.5 Å². The van der Waals surface area contributed by atoms with Gasteiger partial charge in [0.15, 0.2) is 0 Å². The van der Waals surface area contributed by atoms with E-state index in [1.165, 1.54) is 32.4 Å². The summed E-state index contributed by atoms with van der Waals surface area (Å²) in [7, 11) is -0.779. The summed E-state index contributed by atoms with van der Waals surface area (Å²) in [6.07, 6.45) is -4.32. The van der Waals surface area contributed by atoms with E-state index < -0.39 is 32.9 Å². The van der Waals surface area contributed by atoms with Crippen molar-refractivity contribution in [3.63, 3.8) is 0 Å². The van der Waals surface area contributed by atoms with Crippen molar-refractivity contribution in [1.29, 1.82) is 0 Å². The van der Waals surface area contributed by atoms with Gasteiger partial charge in [0.2, 0.25) is 0 Å². The van der Waals surface area contributed by atoms with Crippen LogP contribution in [0, 0.1) is 0 Å². The van der Waals surface area contributed by atoms with Crippen LogP contribution >= 0.6 is 7.92 Å². The summed E-state index contributed by atoms with van der Waals surface area (Å²) < 4.78 is 41.7. The number of rotatable bonds is 5. The molecule has 0 atom stereocenters. The Morgan fingerprint density at radius 1 is 0.594 bits per heavy atom. The summed E-state index contributed by atoms with van der Waals surface area (Å²) in [6, 6.07) is 35.4. The molecule has 0 saturated heterocycles. The Balaban J connectivity index is 1.85. The Bertz CT molecular complexity index is 1130. The Kier molecular flexibility index (Phi) is 6.60. The fraction of sp³-hybridized carbons (Fsp3) is 0.111. The van der Waals surface area contributed by atoms with Crippen molar-refractivity contribution in [3.05, 3.63) is 115 Å². The van der Waals surface area contributed by atoms with Gasteiger partial charge in [0.25, 0.3) is 0 Å². The van der Waals surface area contributed by atoms with Crippen LogP contribution in [0.5, 0.6) is 0 Å². The molecule has 0 nitrogen and oxygen atoms in total. The molecule has 32 heavy (non-hydrogen) atoms. The first-order chi connectivity index (χ1) is 15.3. The van der Waals surface area contributed by atoms with Crippen molar-refractivity contribution in [2.24, 2.45) is 0 Å². The summed E-state index contributed by atoms with van der Waals surface area (Å²) in [5, 5.41) is 3.84. The van der Waals surface area contributed by atoms with Gasteiger partial charge in [-0.3, -0.25) is 0 Å². The molecule has 0 unspecified atom stereocenters. The summed E-state index contributed by atoms with van der Waals surface area (Å²) in [5.41, 5.74) is -0.594. The molecule has 0 spiro atoms. The van der Waals surface area contributed by atoms with E-state index in [2.05, 4.69) is 84.3 Å². The summed E-state index contributed by atoms with van der Waals surface area (Å²) in [4.78, 5) is 0. The van der Waals surface area contributed by atoms with Crippen LogP contribution in [0.4, 0.5) is 13.2 Å². The zero-order chi connectivity index (χ0) is 22.8. The average Bonchev–Trinajstić information content (AvgIpc) is 2.80. The first-order valence-corrected chi connectivity index (χ1v) is 18.1. The molecule has 4 aromatic carbocycles. The maximum absolute atomic E-state index is 13.1. The van der Waals surface area contributed by atoms with Crippen LogP contribution in [0.3, 0.4) is 0 Å². The van der Waals surface area contributed by atoms with E-state index in [-0.39, 0.29) is 0 Å². The summed E-state index contributed by atoms with van der Waals surface area (Å²) in [5.74, 6) is 4.54. The third kappa shape index (κ3) is 4.70. The molecule has 0 aliphatic rings. The van der Waals surface area contributed by atoms with Gasteiger partial charge in [0, 0.05) is 0 Å². The standard InChI is InChI=1S/C27H24F3GeP/c1-31(2,22-19-17-21(18-20-22)27(28,29)30)25-15-9-10-16-26(25)32(23-11-5-3-6-12-23)24-13-7-4-8-14-24/h3-20H,1-2H3. The molecular weight excluding hydrogens is 485 g/mol. The normalized spacial score (nSPS) is 12.2. The molecule has 0 bridgehead atoms. The molecule has 5 heteroatoms. The third-order valence-electron chi connectivity index (χ3n) is 5.78. The average molecular weight is 509 g/mol. The van der Waals surface area contributed by atoms with Crippen LogP contribution in [-0.2, 0) is 6.18 Å². The van der Waals surface area contributed by atoms with E-state index in [0.29, 0.717) is 0 Å². The first kappa shape index (κ1) is 22.8. The van der Waals surface area contributed by atoms with Crippen molar-refractivity contribution in [3.8, 4) is 0 Å². The van der Waals surface area contributed by atoms with Crippen LogP contribution in [0.1, 0.15) is 5.56 Å². The zero-order valence-corrected chi connectivity index (χ0v) is 21.0. The first-order valence-electron chi connectivity index (χ1n) is 10.5. The Morgan fingerprint density at radius 3 is 1.56 bits per heavy atom. The quantitative estimate of drug-likeness (QED) is 0.254. The number of hydrogen-bond acceptors (Lipinski definition) is 0.